The van der Waals surface area contributed by atoms with Crippen LogP contribution in [0.1, 0.15) is 18.5 Å². The van der Waals surface area contributed by atoms with Crippen LogP contribution in [0.3, 0.4) is 0 Å². The van der Waals surface area contributed by atoms with Crippen molar-refractivity contribution >= 4 is 29.0 Å². The normalized spacial score (nSPS) is 11.9. The summed E-state index contributed by atoms with van der Waals surface area (Å²) in [5, 5.41) is 21.8. The first kappa shape index (κ1) is 20.3. The molecule has 0 radical (unpaired) electrons. The summed E-state index contributed by atoms with van der Waals surface area (Å²) in [7, 11) is 1.25. The number of carbonyl (C=O) groups is 1. The van der Waals surface area contributed by atoms with E-state index in [4.69, 9.17) is 16.3 Å². The quantitative estimate of drug-likeness (QED) is 0.462. The molecule has 0 spiro atoms. The fraction of sp³-hybridized carbons (Fsp3) is 0.235. The largest absolute Gasteiger partial charge is 0.475 e. The molecule has 0 fully saturated rings. The molecular formula is C17H16ClFN6O4. The van der Waals surface area contributed by atoms with Crippen molar-refractivity contribution in [2.24, 2.45) is 0 Å². The summed E-state index contributed by atoms with van der Waals surface area (Å²) in [6, 6.07) is 5.12. The van der Waals surface area contributed by atoms with E-state index in [0.717, 1.165) is 10.9 Å². The molecule has 2 heterocycles. The van der Waals surface area contributed by atoms with Gasteiger partial charge in [0.25, 0.3) is 0 Å². The van der Waals surface area contributed by atoms with Crippen molar-refractivity contribution in [3.8, 4) is 5.88 Å². The Kier molecular flexibility index (Phi) is 5.78. The molecule has 10 nitrogen and oxygen atoms in total. The molecular weight excluding hydrogens is 407 g/mol. The van der Waals surface area contributed by atoms with Crippen LogP contribution in [0.4, 0.5) is 15.9 Å². The summed E-state index contributed by atoms with van der Waals surface area (Å²) in [6.45, 7) is 1.76. The fourth-order valence-corrected chi connectivity index (χ4v) is 2.76. The minimum absolute atomic E-state index is 0.105. The van der Waals surface area contributed by atoms with Crippen LogP contribution >= 0.6 is 11.6 Å². The Morgan fingerprint density at radius 2 is 2.17 bits per heavy atom. The highest BCUT2D eigenvalue weighted by atomic mass is 35.5. The molecule has 152 valence electrons. The number of aromatic nitrogens is 4. The number of anilines is 1. The molecule has 0 saturated carbocycles. The van der Waals surface area contributed by atoms with Crippen LogP contribution in [0.2, 0.25) is 5.02 Å². The summed E-state index contributed by atoms with van der Waals surface area (Å²) < 4.78 is 20.7. The SMILES string of the molecule is COc1nn(C(C)C(=O)Nc2nn(Cc3cccc(F)c3)cc2Cl)cc1[N+](=O)[O-]. The molecule has 29 heavy (non-hydrogen) atoms. The summed E-state index contributed by atoms with van der Waals surface area (Å²) in [6.07, 6.45) is 2.60. The molecule has 1 unspecified atom stereocenters. The molecule has 1 N–H and O–H groups in total. The topological polar surface area (TPSA) is 117 Å². The predicted molar refractivity (Wildman–Crippen MR) is 102 cm³/mol. The van der Waals surface area contributed by atoms with Crippen LogP contribution in [-0.4, -0.2) is 37.5 Å². The highest BCUT2D eigenvalue weighted by molar-refractivity contribution is 6.33. The van der Waals surface area contributed by atoms with Crippen molar-refractivity contribution in [1.82, 2.24) is 19.6 Å². The molecule has 1 amide bonds. The number of nitrogens with zero attached hydrogens (tertiary/aromatic N) is 5. The molecule has 0 aliphatic rings. The Balaban J connectivity index is 1.73. The van der Waals surface area contributed by atoms with Gasteiger partial charge in [-0.2, -0.15) is 5.10 Å². The number of halogens is 2. The minimum atomic E-state index is -0.901. The summed E-state index contributed by atoms with van der Waals surface area (Å²) in [4.78, 5) is 22.9. The first-order valence-electron chi connectivity index (χ1n) is 8.34. The van der Waals surface area contributed by atoms with E-state index in [-0.39, 0.29) is 34.8 Å². The smallest absolute Gasteiger partial charge is 0.350 e. The van der Waals surface area contributed by atoms with E-state index < -0.39 is 16.9 Å². The molecule has 1 atom stereocenters. The molecule has 1 aromatic carbocycles. The average Bonchev–Trinajstić information content (AvgIpc) is 3.25. The van der Waals surface area contributed by atoms with Crippen LogP contribution in [-0.2, 0) is 11.3 Å². The van der Waals surface area contributed by atoms with Gasteiger partial charge >= 0.3 is 11.6 Å². The van der Waals surface area contributed by atoms with E-state index in [0.29, 0.717) is 5.56 Å². The van der Waals surface area contributed by atoms with E-state index in [2.05, 4.69) is 15.5 Å². The van der Waals surface area contributed by atoms with Gasteiger partial charge in [0.15, 0.2) is 5.82 Å². The van der Waals surface area contributed by atoms with E-state index in [1.807, 2.05) is 0 Å². The Hall–Kier alpha value is -3.47. The van der Waals surface area contributed by atoms with Crippen LogP contribution in [0.15, 0.2) is 36.7 Å². The van der Waals surface area contributed by atoms with Gasteiger partial charge in [-0.05, 0) is 24.6 Å². The van der Waals surface area contributed by atoms with Crippen molar-refractivity contribution < 1.29 is 18.8 Å². The van der Waals surface area contributed by atoms with Crippen LogP contribution in [0.5, 0.6) is 5.88 Å². The number of hydrogen-bond acceptors (Lipinski definition) is 6. The molecule has 3 aromatic rings. The monoisotopic (exact) mass is 422 g/mol. The lowest BCUT2D eigenvalue weighted by Crippen LogP contribution is -2.24. The lowest BCUT2D eigenvalue weighted by atomic mass is 10.2. The third-order valence-electron chi connectivity index (χ3n) is 4.04. The average molecular weight is 423 g/mol. The lowest BCUT2D eigenvalue weighted by molar-refractivity contribution is -0.385. The van der Waals surface area contributed by atoms with Gasteiger partial charge in [0.2, 0.25) is 5.91 Å². The molecule has 12 heteroatoms. The standard InChI is InChI=1S/C17H16ClFN6O4/c1-10(24-9-14(25(27)28)17(22-24)29-2)16(26)20-15-13(18)8-23(21-15)7-11-4-3-5-12(19)6-11/h3-6,8-10H,7H2,1-2H3,(H,20,21,26). The first-order chi connectivity index (χ1) is 13.8. The van der Waals surface area contributed by atoms with Crippen LogP contribution in [0, 0.1) is 15.9 Å². The molecule has 2 aromatic heterocycles. The van der Waals surface area contributed by atoms with Gasteiger partial charge in [-0.3, -0.25) is 19.6 Å². The Morgan fingerprint density at radius 3 is 2.79 bits per heavy atom. The van der Waals surface area contributed by atoms with E-state index in [1.54, 1.807) is 12.1 Å². The van der Waals surface area contributed by atoms with Crippen molar-refractivity contribution in [1.29, 1.82) is 0 Å². The number of nitro groups is 1. The Morgan fingerprint density at radius 1 is 1.41 bits per heavy atom. The number of benzene rings is 1. The third-order valence-corrected chi connectivity index (χ3v) is 4.32. The van der Waals surface area contributed by atoms with Gasteiger partial charge in [0.05, 0.1) is 18.6 Å². The third kappa shape index (κ3) is 4.51. The second-order valence-corrected chi connectivity index (χ2v) is 6.49. The van der Waals surface area contributed by atoms with Gasteiger partial charge < -0.3 is 10.1 Å². The van der Waals surface area contributed by atoms with Crippen molar-refractivity contribution in [3.63, 3.8) is 0 Å². The summed E-state index contributed by atoms with van der Waals surface area (Å²) >= 11 is 6.13. The number of hydrogen-bond donors (Lipinski definition) is 1. The maximum absolute atomic E-state index is 13.3. The number of carbonyl (C=O) groups excluding carboxylic acids is 1. The first-order valence-corrected chi connectivity index (χ1v) is 8.72. The highest BCUT2D eigenvalue weighted by Crippen LogP contribution is 2.27. The van der Waals surface area contributed by atoms with E-state index in [1.165, 1.54) is 37.0 Å². The van der Waals surface area contributed by atoms with Crippen LogP contribution in [0.25, 0.3) is 0 Å². The summed E-state index contributed by atoms with van der Waals surface area (Å²) in [5.74, 6) is -1.00. The van der Waals surface area contributed by atoms with E-state index >= 15 is 0 Å². The Bertz CT molecular complexity index is 1070. The van der Waals surface area contributed by atoms with Gasteiger partial charge in [0, 0.05) is 6.20 Å². The van der Waals surface area contributed by atoms with E-state index in [9.17, 15) is 19.3 Å². The second kappa shape index (κ2) is 8.27. The number of nitrogens with one attached hydrogen (secondary N) is 1. The van der Waals surface area contributed by atoms with Gasteiger partial charge in [-0.1, -0.05) is 23.7 Å². The number of methoxy groups -OCH3 is 1. The zero-order chi connectivity index (χ0) is 21.1. The van der Waals surface area contributed by atoms with Gasteiger partial charge in [-0.15, -0.1) is 5.10 Å². The maximum Gasteiger partial charge on any atom is 0.350 e. The zero-order valence-corrected chi connectivity index (χ0v) is 16.1. The number of amides is 1. The molecule has 3 rings (SSSR count). The van der Waals surface area contributed by atoms with Crippen molar-refractivity contribution in [2.45, 2.75) is 19.5 Å². The molecule has 0 saturated heterocycles. The van der Waals surface area contributed by atoms with Crippen molar-refractivity contribution in [3.05, 3.63) is 63.2 Å². The van der Waals surface area contributed by atoms with Gasteiger partial charge in [0.1, 0.15) is 23.1 Å². The lowest BCUT2D eigenvalue weighted by Gasteiger charge is -2.11. The molecule has 0 aliphatic carbocycles. The van der Waals surface area contributed by atoms with Crippen LogP contribution < -0.4 is 10.1 Å². The van der Waals surface area contributed by atoms with Gasteiger partial charge in [-0.25, -0.2) is 9.07 Å². The fourth-order valence-electron chi connectivity index (χ4n) is 2.56. The Labute approximate surface area is 169 Å². The minimum Gasteiger partial charge on any atom is -0.475 e. The number of rotatable bonds is 7. The molecule has 0 bridgehead atoms. The summed E-state index contributed by atoms with van der Waals surface area (Å²) in [5.41, 5.74) is 0.316. The highest BCUT2D eigenvalue weighted by Gasteiger charge is 2.26. The zero-order valence-electron chi connectivity index (χ0n) is 15.4. The van der Waals surface area contributed by atoms with Crippen molar-refractivity contribution in [2.75, 3.05) is 12.4 Å². The predicted octanol–water partition coefficient (Wildman–Crippen LogP) is 3.04. The number of ether oxygens (including phenoxy) is 1. The maximum atomic E-state index is 13.3. The molecule has 0 aliphatic heterocycles. The second-order valence-electron chi connectivity index (χ2n) is 6.08.